The molecule has 1 aromatic carbocycles. The Morgan fingerprint density at radius 1 is 1.06 bits per heavy atom. The number of carbonyl (C=O) groups is 4. The summed E-state index contributed by atoms with van der Waals surface area (Å²) in [7, 11) is 0. The Hall–Kier alpha value is -3.95. The van der Waals surface area contributed by atoms with Gasteiger partial charge in [0.1, 0.15) is 11.9 Å². The van der Waals surface area contributed by atoms with Crippen LogP contribution in [-0.2, 0) is 16.1 Å². The Morgan fingerprint density at radius 2 is 1.88 bits per heavy atom. The minimum Gasteiger partial charge on any atom is -0.353 e. The second kappa shape index (κ2) is 8.53. The van der Waals surface area contributed by atoms with Crippen LogP contribution >= 0.6 is 0 Å². The zero-order chi connectivity index (χ0) is 22.9. The Kier molecular flexibility index (Phi) is 5.41. The minimum atomic E-state index is -0.656. The van der Waals surface area contributed by atoms with Gasteiger partial charge in [-0.15, -0.1) is 0 Å². The maximum Gasteiger partial charge on any atom is 0.321 e. The summed E-state index contributed by atoms with van der Waals surface area (Å²) < 4.78 is 0. The highest BCUT2D eigenvalue weighted by atomic mass is 16.2. The lowest BCUT2D eigenvalue weighted by Crippen LogP contribution is -2.52. The molecule has 33 heavy (non-hydrogen) atoms. The standard InChI is InChI=1S/C23H24N6O4/c30-20-7-6-18(21(31)26-20)29-14-15-13-16(4-5-17(15)22(29)32)25-23(33)28-11-9-27(10-12-28)19-3-1-2-8-24-19/h1-5,8,13,18H,6-7,9-12,14H2,(H,25,33)(H,26,30,31). The lowest BCUT2D eigenvalue weighted by atomic mass is 10.0. The summed E-state index contributed by atoms with van der Waals surface area (Å²) in [4.78, 5) is 59.0. The summed E-state index contributed by atoms with van der Waals surface area (Å²) >= 11 is 0. The number of urea groups is 1. The van der Waals surface area contributed by atoms with Crippen molar-refractivity contribution < 1.29 is 19.2 Å². The molecule has 1 atom stereocenters. The Morgan fingerprint density at radius 3 is 2.61 bits per heavy atom. The number of pyridine rings is 1. The van der Waals surface area contributed by atoms with E-state index in [4.69, 9.17) is 0 Å². The minimum absolute atomic E-state index is 0.193. The van der Waals surface area contributed by atoms with Gasteiger partial charge in [0.25, 0.3) is 5.91 Å². The van der Waals surface area contributed by atoms with E-state index in [9.17, 15) is 19.2 Å². The number of piperidine rings is 1. The average molecular weight is 448 g/mol. The van der Waals surface area contributed by atoms with Crippen LogP contribution in [0.1, 0.15) is 28.8 Å². The second-order valence-electron chi connectivity index (χ2n) is 8.36. The van der Waals surface area contributed by atoms with E-state index >= 15 is 0 Å². The Balaban J connectivity index is 1.20. The van der Waals surface area contributed by atoms with Crippen LogP contribution in [-0.4, -0.2) is 70.8 Å². The highest BCUT2D eigenvalue weighted by molar-refractivity contribution is 6.05. The van der Waals surface area contributed by atoms with Crippen LogP contribution < -0.4 is 15.5 Å². The van der Waals surface area contributed by atoms with Gasteiger partial charge < -0.3 is 20.0 Å². The number of aromatic nitrogens is 1. The number of benzene rings is 1. The molecule has 10 heteroatoms. The number of hydrogen-bond acceptors (Lipinski definition) is 6. The fraction of sp³-hybridized carbons (Fsp3) is 0.348. The quantitative estimate of drug-likeness (QED) is 0.682. The van der Waals surface area contributed by atoms with Crippen molar-refractivity contribution in [3.8, 4) is 0 Å². The molecule has 0 aliphatic carbocycles. The molecular formula is C23H24N6O4. The van der Waals surface area contributed by atoms with Gasteiger partial charge in [-0.3, -0.25) is 19.7 Å². The van der Waals surface area contributed by atoms with Gasteiger partial charge in [-0.1, -0.05) is 6.07 Å². The highest BCUT2D eigenvalue weighted by Gasteiger charge is 2.39. The number of anilines is 2. The maximum absolute atomic E-state index is 12.8. The van der Waals surface area contributed by atoms with E-state index in [0.717, 1.165) is 11.4 Å². The number of hydrogen-bond donors (Lipinski definition) is 2. The number of carbonyl (C=O) groups excluding carboxylic acids is 4. The third-order valence-electron chi connectivity index (χ3n) is 6.31. The molecule has 1 unspecified atom stereocenters. The van der Waals surface area contributed by atoms with Crippen LogP contribution in [0.25, 0.3) is 0 Å². The average Bonchev–Trinajstić information content (AvgIpc) is 3.15. The fourth-order valence-electron chi connectivity index (χ4n) is 4.53. The first-order valence-electron chi connectivity index (χ1n) is 11.0. The van der Waals surface area contributed by atoms with Crippen LogP contribution in [0.2, 0.25) is 0 Å². The molecule has 2 aromatic rings. The van der Waals surface area contributed by atoms with E-state index in [0.29, 0.717) is 43.9 Å². The van der Waals surface area contributed by atoms with Crippen LogP contribution in [0.4, 0.5) is 16.3 Å². The molecule has 0 spiro atoms. The van der Waals surface area contributed by atoms with Gasteiger partial charge in [-0.05, 0) is 42.3 Å². The lowest BCUT2D eigenvalue weighted by molar-refractivity contribution is -0.136. The molecule has 0 bridgehead atoms. The third kappa shape index (κ3) is 4.11. The number of rotatable bonds is 3. The molecule has 5 amide bonds. The van der Waals surface area contributed by atoms with Crippen molar-refractivity contribution in [2.24, 2.45) is 0 Å². The molecule has 3 aliphatic heterocycles. The number of amides is 5. The molecule has 2 N–H and O–H groups in total. The summed E-state index contributed by atoms with van der Waals surface area (Å²) in [5.74, 6) is -0.0820. The summed E-state index contributed by atoms with van der Waals surface area (Å²) in [6, 6.07) is 10.1. The van der Waals surface area contributed by atoms with Crippen LogP contribution in [0.5, 0.6) is 0 Å². The Labute approximate surface area is 190 Å². The van der Waals surface area contributed by atoms with Gasteiger partial charge in [0.05, 0.1) is 0 Å². The smallest absolute Gasteiger partial charge is 0.321 e. The van der Waals surface area contributed by atoms with Gasteiger partial charge >= 0.3 is 6.03 Å². The molecular weight excluding hydrogens is 424 g/mol. The monoisotopic (exact) mass is 448 g/mol. The van der Waals surface area contributed by atoms with Crippen molar-refractivity contribution in [2.45, 2.75) is 25.4 Å². The van der Waals surface area contributed by atoms with Gasteiger partial charge in [-0.25, -0.2) is 9.78 Å². The first kappa shape index (κ1) is 20.9. The Bertz CT molecular complexity index is 1110. The van der Waals surface area contributed by atoms with Crippen molar-refractivity contribution in [1.82, 2.24) is 20.1 Å². The normalized spacial score (nSPS) is 20.5. The lowest BCUT2D eigenvalue weighted by Gasteiger charge is -2.35. The molecule has 170 valence electrons. The van der Waals surface area contributed by atoms with Gasteiger partial charge in [0, 0.05) is 56.6 Å². The van der Waals surface area contributed by atoms with Crippen molar-refractivity contribution in [3.05, 3.63) is 53.7 Å². The zero-order valence-corrected chi connectivity index (χ0v) is 18.0. The van der Waals surface area contributed by atoms with Crippen molar-refractivity contribution in [1.29, 1.82) is 0 Å². The van der Waals surface area contributed by atoms with Crippen LogP contribution in [0.15, 0.2) is 42.6 Å². The summed E-state index contributed by atoms with van der Waals surface area (Å²) in [5, 5.41) is 5.22. The number of piperazine rings is 1. The van der Waals surface area contributed by atoms with E-state index in [2.05, 4.69) is 20.5 Å². The van der Waals surface area contributed by atoms with E-state index < -0.39 is 11.9 Å². The number of fused-ring (bicyclic) bond motifs is 1. The van der Waals surface area contributed by atoms with Crippen molar-refractivity contribution in [3.63, 3.8) is 0 Å². The van der Waals surface area contributed by atoms with E-state index in [-0.39, 0.29) is 30.8 Å². The molecule has 5 rings (SSSR count). The predicted octanol–water partition coefficient (Wildman–Crippen LogP) is 1.20. The zero-order valence-electron chi connectivity index (χ0n) is 18.0. The number of nitrogens with one attached hydrogen (secondary N) is 2. The second-order valence-corrected chi connectivity index (χ2v) is 8.36. The first-order valence-corrected chi connectivity index (χ1v) is 11.0. The van der Waals surface area contributed by atoms with Crippen molar-refractivity contribution in [2.75, 3.05) is 36.4 Å². The predicted molar refractivity (Wildman–Crippen MR) is 120 cm³/mol. The maximum atomic E-state index is 12.8. The molecule has 4 heterocycles. The molecule has 2 saturated heterocycles. The van der Waals surface area contributed by atoms with Gasteiger partial charge in [-0.2, -0.15) is 0 Å². The van der Waals surface area contributed by atoms with Gasteiger partial charge in [0.15, 0.2) is 0 Å². The third-order valence-corrected chi connectivity index (χ3v) is 6.31. The summed E-state index contributed by atoms with van der Waals surface area (Å²) in [6.07, 6.45) is 2.29. The molecule has 0 saturated carbocycles. The highest BCUT2D eigenvalue weighted by Crippen LogP contribution is 2.29. The summed E-state index contributed by atoms with van der Waals surface area (Å²) in [5.41, 5.74) is 1.87. The first-order chi connectivity index (χ1) is 16.0. The van der Waals surface area contributed by atoms with E-state index in [1.807, 2.05) is 18.2 Å². The van der Waals surface area contributed by atoms with E-state index in [1.54, 1.807) is 29.3 Å². The van der Waals surface area contributed by atoms with Gasteiger partial charge in [0.2, 0.25) is 11.8 Å². The van der Waals surface area contributed by atoms with E-state index in [1.165, 1.54) is 4.90 Å². The van der Waals surface area contributed by atoms with Crippen molar-refractivity contribution >= 4 is 35.3 Å². The molecule has 3 aliphatic rings. The molecule has 2 fully saturated rings. The largest absolute Gasteiger partial charge is 0.353 e. The number of nitrogens with zero attached hydrogens (tertiary/aromatic N) is 4. The SMILES string of the molecule is O=C1CCC(N2Cc3cc(NC(=O)N4CCN(c5ccccn5)CC4)ccc3C2=O)C(=O)N1. The molecule has 0 radical (unpaired) electrons. The molecule has 10 nitrogen and oxygen atoms in total. The number of imide groups is 1. The van der Waals surface area contributed by atoms with Crippen LogP contribution in [0.3, 0.4) is 0 Å². The van der Waals surface area contributed by atoms with Crippen LogP contribution in [0, 0.1) is 0 Å². The molecule has 1 aromatic heterocycles. The fourth-order valence-corrected chi connectivity index (χ4v) is 4.53. The topological polar surface area (TPSA) is 115 Å². The summed E-state index contributed by atoms with van der Waals surface area (Å²) in [6.45, 7) is 2.82.